The van der Waals surface area contributed by atoms with Gasteiger partial charge in [0.2, 0.25) is 0 Å². The van der Waals surface area contributed by atoms with E-state index in [1.807, 2.05) is 4.90 Å². The third-order valence-electron chi connectivity index (χ3n) is 3.70. The molecule has 3 nitrogen and oxygen atoms in total. The van der Waals surface area contributed by atoms with E-state index in [9.17, 15) is 4.79 Å². The average molecular weight is 322 g/mol. The van der Waals surface area contributed by atoms with Crippen LogP contribution in [-0.4, -0.2) is 36.0 Å². The SMILES string of the molecule is Cl.O=C(c1cccc(Cl)c1Cl)N1CCNC2(CC2)C1. The second kappa shape index (κ2) is 5.49. The van der Waals surface area contributed by atoms with E-state index < -0.39 is 0 Å². The van der Waals surface area contributed by atoms with Crippen molar-refractivity contribution in [1.29, 1.82) is 0 Å². The van der Waals surface area contributed by atoms with Crippen LogP contribution in [0.2, 0.25) is 10.0 Å². The Balaban J connectivity index is 0.00000133. The zero-order chi connectivity index (χ0) is 12.8. The minimum Gasteiger partial charge on any atom is -0.335 e. The van der Waals surface area contributed by atoms with Crippen LogP contribution in [-0.2, 0) is 0 Å². The van der Waals surface area contributed by atoms with Crippen molar-refractivity contribution in [1.82, 2.24) is 10.2 Å². The van der Waals surface area contributed by atoms with E-state index in [1.165, 1.54) is 0 Å². The molecule has 1 aliphatic carbocycles. The van der Waals surface area contributed by atoms with Crippen molar-refractivity contribution >= 4 is 41.5 Å². The Morgan fingerprint density at radius 2 is 2.05 bits per heavy atom. The molecule has 0 radical (unpaired) electrons. The lowest BCUT2D eigenvalue weighted by molar-refractivity contribution is 0.0691. The molecule has 6 heteroatoms. The summed E-state index contributed by atoms with van der Waals surface area (Å²) < 4.78 is 0. The number of hydrogen-bond donors (Lipinski definition) is 1. The highest BCUT2D eigenvalue weighted by Gasteiger charge is 2.46. The average Bonchev–Trinajstić information content (AvgIpc) is 3.11. The van der Waals surface area contributed by atoms with Gasteiger partial charge in [0.15, 0.2) is 0 Å². The van der Waals surface area contributed by atoms with Crippen molar-refractivity contribution in [3.63, 3.8) is 0 Å². The Bertz CT molecular complexity index is 503. The molecule has 1 saturated heterocycles. The predicted molar refractivity (Wildman–Crippen MR) is 79.6 cm³/mol. The third-order valence-corrected chi connectivity index (χ3v) is 4.52. The van der Waals surface area contributed by atoms with Crippen molar-refractivity contribution in [3.05, 3.63) is 33.8 Å². The summed E-state index contributed by atoms with van der Waals surface area (Å²) >= 11 is 12.0. The molecule has 2 fully saturated rings. The Labute approximate surface area is 128 Å². The quantitative estimate of drug-likeness (QED) is 0.862. The minimum absolute atomic E-state index is 0. The summed E-state index contributed by atoms with van der Waals surface area (Å²) in [5.41, 5.74) is 0.681. The highest BCUT2D eigenvalue weighted by molar-refractivity contribution is 6.43. The highest BCUT2D eigenvalue weighted by Crippen LogP contribution is 2.38. The van der Waals surface area contributed by atoms with Crippen LogP contribution in [0.1, 0.15) is 23.2 Å². The van der Waals surface area contributed by atoms with E-state index >= 15 is 0 Å². The number of piperazine rings is 1. The van der Waals surface area contributed by atoms with Gasteiger partial charge in [-0.2, -0.15) is 0 Å². The second-order valence-electron chi connectivity index (χ2n) is 5.04. The zero-order valence-corrected chi connectivity index (χ0v) is 12.6. The summed E-state index contributed by atoms with van der Waals surface area (Å²) in [6, 6.07) is 5.19. The molecular weight excluding hydrogens is 307 g/mol. The topological polar surface area (TPSA) is 32.3 Å². The first kappa shape index (κ1) is 14.9. The van der Waals surface area contributed by atoms with Crippen molar-refractivity contribution < 1.29 is 4.79 Å². The van der Waals surface area contributed by atoms with Crippen LogP contribution in [0.5, 0.6) is 0 Å². The van der Waals surface area contributed by atoms with Crippen LogP contribution in [0.3, 0.4) is 0 Å². The Morgan fingerprint density at radius 1 is 1.32 bits per heavy atom. The summed E-state index contributed by atoms with van der Waals surface area (Å²) in [7, 11) is 0. The van der Waals surface area contributed by atoms with E-state index in [2.05, 4.69) is 5.32 Å². The Kier molecular flexibility index (Phi) is 4.31. The lowest BCUT2D eigenvalue weighted by Gasteiger charge is -2.34. The molecule has 2 aliphatic rings. The normalized spacial score (nSPS) is 20.0. The maximum atomic E-state index is 12.4. The van der Waals surface area contributed by atoms with E-state index in [4.69, 9.17) is 23.2 Å². The van der Waals surface area contributed by atoms with Gasteiger partial charge in [-0.3, -0.25) is 4.79 Å². The van der Waals surface area contributed by atoms with Crippen molar-refractivity contribution in [2.24, 2.45) is 0 Å². The molecular formula is C13H15Cl3N2O. The number of benzene rings is 1. The largest absolute Gasteiger partial charge is 0.335 e. The Morgan fingerprint density at radius 3 is 2.74 bits per heavy atom. The van der Waals surface area contributed by atoms with Crippen molar-refractivity contribution in [3.8, 4) is 0 Å². The monoisotopic (exact) mass is 320 g/mol. The van der Waals surface area contributed by atoms with Crippen LogP contribution in [0.25, 0.3) is 0 Å². The fourth-order valence-electron chi connectivity index (χ4n) is 2.45. The number of amides is 1. The molecule has 1 aromatic carbocycles. The van der Waals surface area contributed by atoms with Gasteiger partial charge in [-0.1, -0.05) is 29.3 Å². The predicted octanol–water partition coefficient (Wildman–Crippen LogP) is 2.99. The number of nitrogens with zero attached hydrogens (tertiary/aromatic N) is 1. The first-order valence-electron chi connectivity index (χ1n) is 6.10. The van der Waals surface area contributed by atoms with Gasteiger partial charge in [-0.25, -0.2) is 0 Å². The molecule has 1 amide bonds. The minimum atomic E-state index is -0.0183. The smallest absolute Gasteiger partial charge is 0.255 e. The van der Waals surface area contributed by atoms with Gasteiger partial charge in [0, 0.05) is 25.2 Å². The lowest BCUT2D eigenvalue weighted by Crippen LogP contribution is -2.54. The number of nitrogens with one attached hydrogen (secondary N) is 1. The number of carbonyl (C=O) groups excluding carboxylic acids is 1. The molecule has 0 atom stereocenters. The number of carbonyl (C=O) groups is 1. The summed E-state index contributed by atoms with van der Waals surface area (Å²) in [6.45, 7) is 2.35. The maximum absolute atomic E-state index is 12.4. The van der Waals surface area contributed by atoms with Crippen LogP contribution in [0.4, 0.5) is 0 Å². The van der Waals surface area contributed by atoms with Crippen LogP contribution in [0.15, 0.2) is 18.2 Å². The van der Waals surface area contributed by atoms with Gasteiger partial charge in [0.1, 0.15) is 0 Å². The second-order valence-corrected chi connectivity index (χ2v) is 5.82. The van der Waals surface area contributed by atoms with Crippen molar-refractivity contribution in [2.75, 3.05) is 19.6 Å². The molecule has 104 valence electrons. The fraction of sp³-hybridized carbons (Fsp3) is 0.462. The van der Waals surface area contributed by atoms with Gasteiger partial charge in [-0.05, 0) is 25.0 Å². The van der Waals surface area contributed by atoms with Crippen LogP contribution >= 0.6 is 35.6 Å². The molecule has 1 aromatic rings. The summed E-state index contributed by atoms with van der Waals surface area (Å²) in [5.74, 6) is -0.0183. The van der Waals surface area contributed by atoms with Crippen LogP contribution in [0, 0.1) is 0 Å². The molecule has 3 rings (SSSR count). The van der Waals surface area contributed by atoms with E-state index in [1.54, 1.807) is 18.2 Å². The van der Waals surface area contributed by atoms with E-state index in [0.717, 1.165) is 32.5 Å². The summed E-state index contributed by atoms with van der Waals surface area (Å²) in [5, 5.41) is 4.26. The first-order chi connectivity index (χ1) is 8.61. The molecule has 1 aliphatic heterocycles. The molecule has 0 aromatic heterocycles. The number of halogens is 3. The summed E-state index contributed by atoms with van der Waals surface area (Å²) in [6.07, 6.45) is 2.31. The van der Waals surface area contributed by atoms with Gasteiger partial charge in [0.25, 0.3) is 5.91 Å². The molecule has 1 N–H and O–H groups in total. The standard InChI is InChI=1S/C13H14Cl2N2O.ClH/c14-10-3-1-2-9(11(10)15)12(18)17-7-6-16-13(8-17)4-5-13;/h1-3,16H,4-8H2;1H. The highest BCUT2D eigenvalue weighted by atomic mass is 35.5. The number of hydrogen-bond acceptors (Lipinski definition) is 2. The van der Waals surface area contributed by atoms with E-state index in [0.29, 0.717) is 15.6 Å². The lowest BCUT2D eigenvalue weighted by atomic mass is 10.1. The maximum Gasteiger partial charge on any atom is 0.255 e. The van der Waals surface area contributed by atoms with E-state index in [-0.39, 0.29) is 23.9 Å². The van der Waals surface area contributed by atoms with Crippen LogP contribution < -0.4 is 5.32 Å². The number of rotatable bonds is 1. The molecule has 0 unspecified atom stereocenters. The fourth-order valence-corrected chi connectivity index (χ4v) is 2.84. The molecule has 19 heavy (non-hydrogen) atoms. The molecule has 1 saturated carbocycles. The molecule has 1 heterocycles. The van der Waals surface area contributed by atoms with Gasteiger partial charge >= 0.3 is 0 Å². The summed E-state index contributed by atoms with van der Waals surface area (Å²) in [4.78, 5) is 14.3. The van der Waals surface area contributed by atoms with Gasteiger partial charge in [-0.15, -0.1) is 12.4 Å². The molecule has 0 bridgehead atoms. The third kappa shape index (κ3) is 2.84. The van der Waals surface area contributed by atoms with Crippen molar-refractivity contribution in [2.45, 2.75) is 18.4 Å². The zero-order valence-electron chi connectivity index (χ0n) is 10.3. The first-order valence-corrected chi connectivity index (χ1v) is 6.85. The van der Waals surface area contributed by atoms with Gasteiger partial charge in [0.05, 0.1) is 15.6 Å². The molecule has 1 spiro atoms. The Hall–Kier alpha value is -0.480. The van der Waals surface area contributed by atoms with Gasteiger partial charge < -0.3 is 10.2 Å².